The number of rotatable bonds is 4. The molecule has 4 nitrogen and oxygen atoms in total. The third-order valence-electron chi connectivity index (χ3n) is 4.30. The van der Waals surface area contributed by atoms with E-state index in [0.29, 0.717) is 18.1 Å². The van der Waals surface area contributed by atoms with Crippen LogP contribution in [0.5, 0.6) is 0 Å². The molecule has 1 saturated carbocycles. The molecule has 3 rings (SSSR count). The number of amides is 1. The van der Waals surface area contributed by atoms with Gasteiger partial charge in [0.05, 0.1) is 24.3 Å². The van der Waals surface area contributed by atoms with Crippen LogP contribution in [-0.2, 0) is 4.74 Å². The van der Waals surface area contributed by atoms with E-state index in [1.165, 1.54) is 0 Å². The van der Waals surface area contributed by atoms with Crippen LogP contribution in [0.15, 0.2) is 31.1 Å². The van der Waals surface area contributed by atoms with Gasteiger partial charge in [-0.15, -0.1) is 6.58 Å². The van der Waals surface area contributed by atoms with E-state index in [9.17, 15) is 4.79 Å². The first kappa shape index (κ1) is 13.3. The van der Waals surface area contributed by atoms with Crippen molar-refractivity contribution in [1.29, 1.82) is 0 Å². The second-order valence-electron chi connectivity index (χ2n) is 5.70. The van der Waals surface area contributed by atoms with Crippen LogP contribution in [0, 0.1) is 12.8 Å². The van der Waals surface area contributed by atoms with E-state index in [2.05, 4.69) is 11.6 Å². The molecule has 1 aliphatic heterocycles. The van der Waals surface area contributed by atoms with Gasteiger partial charge in [-0.3, -0.25) is 9.78 Å². The van der Waals surface area contributed by atoms with Crippen molar-refractivity contribution < 1.29 is 9.53 Å². The van der Waals surface area contributed by atoms with Gasteiger partial charge in [0.25, 0.3) is 5.91 Å². The predicted octanol–water partition coefficient (Wildman–Crippen LogP) is 2.20. The van der Waals surface area contributed by atoms with E-state index in [1.54, 1.807) is 18.5 Å². The number of hydrogen-bond donors (Lipinski definition) is 0. The molecule has 3 atom stereocenters. The summed E-state index contributed by atoms with van der Waals surface area (Å²) in [6.07, 6.45) is 7.56. The number of hydrogen-bond acceptors (Lipinski definition) is 3. The average Bonchev–Trinajstić information content (AvgIpc) is 3.01. The molecular weight excluding hydrogens is 252 g/mol. The normalized spacial score (nSPS) is 27.9. The van der Waals surface area contributed by atoms with Crippen molar-refractivity contribution in [1.82, 2.24) is 9.88 Å². The second-order valence-corrected chi connectivity index (χ2v) is 5.70. The lowest BCUT2D eigenvalue weighted by Gasteiger charge is -2.27. The third kappa shape index (κ3) is 2.24. The van der Waals surface area contributed by atoms with Crippen LogP contribution in [0.3, 0.4) is 0 Å². The summed E-state index contributed by atoms with van der Waals surface area (Å²) in [5.74, 6) is 0.558. The molecule has 0 N–H and O–H groups in total. The van der Waals surface area contributed by atoms with Gasteiger partial charge in [0, 0.05) is 24.9 Å². The topological polar surface area (TPSA) is 42.4 Å². The molecular formula is C16H20N2O2. The summed E-state index contributed by atoms with van der Waals surface area (Å²) in [7, 11) is 0. The molecule has 106 valence electrons. The van der Waals surface area contributed by atoms with Crippen LogP contribution >= 0.6 is 0 Å². The van der Waals surface area contributed by atoms with Gasteiger partial charge in [-0.1, -0.05) is 6.08 Å². The first-order chi connectivity index (χ1) is 9.70. The Hall–Kier alpha value is -1.68. The van der Waals surface area contributed by atoms with Gasteiger partial charge in [0.15, 0.2) is 0 Å². The average molecular weight is 272 g/mol. The largest absolute Gasteiger partial charge is 0.372 e. The fourth-order valence-electron chi connectivity index (χ4n) is 3.44. The fraction of sp³-hybridized carbons (Fsp3) is 0.500. The second kappa shape index (κ2) is 5.37. The minimum absolute atomic E-state index is 0.0839. The number of carbonyl (C=O) groups is 1. The van der Waals surface area contributed by atoms with Crippen LogP contribution in [0.25, 0.3) is 0 Å². The zero-order valence-corrected chi connectivity index (χ0v) is 11.8. The highest BCUT2D eigenvalue weighted by molar-refractivity contribution is 5.94. The van der Waals surface area contributed by atoms with E-state index < -0.39 is 0 Å². The molecule has 20 heavy (non-hydrogen) atoms. The predicted molar refractivity (Wildman–Crippen MR) is 76.5 cm³/mol. The number of pyridine rings is 1. The van der Waals surface area contributed by atoms with Crippen molar-refractivity contribution in [2.24, 2.45) is 5.92 Å². The van der Waals surface area contributed by atoms with E-state index in [1.807, 2.05) is 17.9 Å². The number of piperidine rings is 1. The number of likely N-dealkylation sites (tertiary alicyclic amines) is 1. The molecule has 2 fully saturated rings. The molecule has 0 aromatic carbocycles. The van der Waals surface area contributed by atoms with Crippen molar-refractivity contribution in [3.8, 4) is 0 Å². The zero-order chi connectivity index (χ0) is 14.1. The number of aromatic nitrogens is 1. The van der Waals surface area contributed by atoms with Crippen LogP contribution in [0.4, 0.5) is 0 Å². The van der Waals surface area contributed by atoms with Crippen molar-refractivity contribution in [3.05, 3.63) is 42.2 Å². The van der Waals surface area contributed by atoms with Gasteiger partial charge in [0.2, 0.25) is 0 Å². The Bertz CT molecular complexity index is 529. The SMILES string of the molecule is C=CCO[C@@H]1[C@H]2CC[C@H]1N(C(=O)c1cncc(C)c1)C2. The Morgan fingerprint density at radius 1 is 1.55 bits per heavy atom. The van der Waals surface area contributed by atoms with Crippen LogP contribution < -0.4 is 0 Å². The van der Waals surface area contributed by atoms with Gasteiger partial charge in [-0.25, -0.2) is 0 Å². The lowest BCUT2D eigenvalue weighted by molar-refractivity contribution is 0.0408. The molecule has 0 unspecified atom stereocenters. The summed E-state index contributed by atoms with van der Waals surface area (Å²) in [6.45, 7) is 7.01. The molecule has 2 bridgehead atoms. The standard InChI is InChI=1S/C16H20N2O2/c1-3-6-20-15-12-4-5-14(15)18(10-12)16(19)13-7-11(2)8-17-9-13/h3,7-9,12,14-15H,1,4-6,10H2,2H3/t12-,14+,15+/m0/s1. The van der Waals surface area contributed by atoms with Crippen LogP contribution in [-0.4, -0.2) is 41.1 Å². The summed E-state index contributed by atoms with van der Waals surface area (Å²) in [5, 5.41) is 0. The van der Waals surface area contributed by atoms with Gasteiger partial charge in [-0.2, -0.15) is 0 Å². The van der Waals surface area contributed by atoms with E-state index >= 15 is 0 Å². The summed E-state index contributed by atoms with van der Waals surface area (Å²) in [4.78, 5) is 18.7. The lowest BCUT2D eigenvalue weighted by Crippen LogP contribution is -2.40. The summed E-state index contributed by atoms with van der Waals surface area (Å²) >= 11 is 0. The Balaban J connectivity index is 1.76. The molecule has 1 aliphatic carbocycles. The summed E-state index contributed by atoms with van der Waals surface area (Å²) < 4.78 is 5.85. The van der Waals surface area contributed by atoms with Gasteiger partial charge < -0.3 is 9.64 Å². The van der Waals surface area contributed by atoms with Crippen molar-refractivity contribution in [3.63, 3.8) is 0 Å². The Morgan fingerprint density at radius 2 is 2.40 bits per heavy atom. The molecule has 1 aromatic rings. The Kier molecular flexibility index (Phi) is 3.57. The van der Waals surface area contributed by atoms with E-state index in [-0.39, 0.29) is 18.1 Å². The van der Waals surface area contributed by atoms with E-state index in [0.717, 1.165) is 24.9 Å². The lowest BCUT2D eigenvalue weighted by atomic mass is 10.1. The van der Waals surface area contributed by atoms with E-state index in [4.69, 9.17) is 4.74 Å². The highest BCUT2D eigenvalue weighted by Gasteiger charge is 2.49. The maximum absolute atomic E-state index is 12.6. The van der Waals surface area contributed by atoms with Gasteiger partial charge >= 0.3 is 0 Å². The summed E-state index contributed by atoms with van der Waals surface area (Å²) in [6, 6.07) is 2.12. The number of ether oxygens (including phenoxy) is 1. The van der Waals surface area contributed by atoms with Gasteiger partial charge in [0.1, 0.15) is 0 Å². The quantitative estimate of drug-likeness (QED) is 0.789. The molecule has 2 heterocycles. The number of fused-ring (bicyclic) bond motifs is 2. The third-order valence-corrected chi connectivity index (χ3v) is 4.30. The first-order valence-corrected chi connectivity index (χ1v) is 7.16. The molecule has 1 saturated heterocycles. The molecule has 4 heteroatoms. The molecule has 1 aromatic heterocycles. The maximum Gasteiger partial charge on any atom is 0.255 e. The number of aryl methyl sites for hydroxylation is 1. The minimum Gasteiger partial charge on any atom is -0.372 e. The molecule has 0 spiro atoms. The number of carbonyl (C=O) groups excluding carboxylic acids is 1. The first-order valence-electron chi connectivity index (χ1n) is 7.16. The van der Waals surface area contributed by atoms with Crippen molar-refractivity contribution in [2.75, 3.05) is 13.2 Å². The van der Waals surface area contributed by atoms with Crippen LogP contribution in [0.1, 0.15) is 28.8 Å². The maximum atomic E-state index is 12.6. The van der Waals surface area contributed by atoms with Crippen LogP contribution in [0.2, 0.25) is 0 Å². The molecule has 2 aliphatic rings. The highest BCUT2D eigenvalue weighted by Crippen LogP contribution is 2.40. The molecule has 0 radical (unpaired) electrons. The monoisotopic (exact) mass is 272 g/mol. The minimum atomic E-state index is 0.0839. The van der Waals surface area contributed by atoms with Gasteiger partial charge in [-0.05, 0) is 31.4 Å². The number of nitrogens with zero attached hydrogens (tertiary/aromatic N) is 2. The summed E-state index contributed by atoms with van der Waals surface area (Å²) in [5.41, 5.74) is 1.69. The van der Waals surface area contributed by atoms with Crippen molar-refractivity contribution in [2.45, 2.75) is 31.9 Å². The molecule has 1 amide bonds. The van der Waals surface area contributed by atoms with Crippen molar-refractivity contribution >= 4 is 5.91 Å². The Morgan fingerprint density at radius 3 is 3.15 bits per heavy atom. The highest BCUT2D eigenvalue weighted by atomic mass is 16.5. The zero-order valence-electron chi connectivity index (χ0n) is 11.8. The smallest absolute Gasteiger partial charge is 0.255 e. The Labute approximate surface area is 119 Å². The fourth-order valence-corrected chi connectivity index (χ4v) is 3.44.